The maximum atomic E-state index is 11.8. The summed E-state index contributed by atoms with van der Waals surface area (Å²) in [5.41, 5.74) is -1.01. The number of hydrogen-bond donors (Lipinski definition) is 1. The monoisotopic (exact) mass is 281 g/mol. The average molecular weight is 282 g/mol. The minimum Gasteiger partial charge on any atom is -0.467 e. The van der Waals surface area contributed by atoms with Gasteiger partial charge in [-0.05, 0) is 19.8 Å². The van der Waals surface area contributed by atoms with Gasteiger partial charge >= 0.3 is 5.97 Å². The second-order valence-electron chi connectivity index (χ2n) is 4.58. The highest BCUT2D eigenvalue weighted by Gasteiger charge is 2.57. The Bertz CT molecular complexity index is 333. The van der Waals surface area contributed by atoms with Gasteiger partial charge in [0, 0.05) is 0 Å². The molecule has 0 aromatic rings. The predicted octanol–water partition coefficient (Wildman–Crippen LogP) is 2.03. The zero-order valence-electron chi connectivity index (χ0n) is 10.2. The van der Waals surface area contributed by atoms with Crippen molar-refractivity contribution in [1.29, 1.82) is 0 Å². The Labute approximate surface area is 111 Å². The third-order valence-corrected chi connectivity index (χ3v) is 3.76. The first-order valence-electron chi connectivity index (χ1n) is 5.55. The van der Waals surface area contributed by atoms with Gasteiger partial charge in [0.15, 0.2) is 0 Å². The summed E-state index contributed by atoms with van der Waals surface area (Å²) in [6.07, 6.45) is 1.68. The Morgan fingerprint density at radius 3 is 2.41 bits per heavy atom. The highest BCUT2D eigenvalue weighted by atomic mass is 35.5. The highest BCUT2D eigenvalue weighted by molar-refractivity contribution is 6.52. The number of methoxy groups -OCH3 is 1. The van der Waals surface area contributed by atoms with E-state index >= 15 is 0 Å². The third kappa shape index (κ3) is 3.26. The molecule has 0 saturated heterocycles. The summed E-state index contributed by atoms with van der Waals surface area (Å²) < 4.78 is 3.72. The number of rotatable bonds is 5. The molecule has 2 atom stereocenters. The fourth-order valence-corrected chi connectivity index (χ4v) is 2.30. The molecule has 2 unspecified atom stereocenters. The molecule has 0 heterocycles. The number of carbonyl (C=O) groups is 2. The SMILES string of the molecule is CCCC(C)(NC(=O)C1CC1(Cl)Cl)C(=O)OC. The molecule has 6 heteroatoms. The quantitative estimate of drug-likeness (QED) is 0.620. The van der Waals surface area contributed by atoms with E-state index in [1.807, 2.05) is 6.92 Å². The summed E-state index contributed by atoms with van der Waals surface area (Å²) in [6, 6.07) is 0. The van der Waals surface area contributed by atoms with E-state index in [4.69, 9.17) is 27.9 Å². The number of nitrogens with one attached hydrogen (secondary N) is 1. The first-order chi connectivity index (χ1) is 7.77. The summed E-state index contributed by atoms with van der Waals surface area (Å²) in [5.74, 6) is -1.19. The van der Waals surface area contributed by atoms with Gasteiger partial charge in [0.1, 0.15) is 9.87 Å². The van der Waals surface area contributed by atoms with Gasteiger partial charge in [-0.2, -0.15) is 0 Å². The van der Waals surface area contributed by atoms with Crippen LogP contribution in [0.5, 0.6) is 0 Å². The number of esters is 1. The first-order valence-corrected chi connectivity index (χ1v) is 6.30. The van der Waals surface area contributed by atoms with E-state index in [2.05, 4.69) is 5.32 Å². The van der Waals surface area contributed by atoms with Crippen LogP contribution in [0.1, 0.15) is 33.1 Å². The lowest BCUT2D eigenvalue weighted by molar-refractivity contribution is -0.150. The molecule has 1 saturated carbocycles. The average Bonchev–Trinajstić information content (AvgIpc) is 2.87. The van der Waals surface area contributed by atoms with Crippen LogP contribution in [-0.2, 0) is 14.3 Å². The van der Waals surface area contributed by atoms with Gasteiger partial charge in [-0.1, -0.05) is 13.3 Å². The lowest BCUT2D eigenvalue weighted by atomic mass is 9.96. The maximum absolute atomic E-state index is 11.8. The molecule has 1 N–H and O–H groups in total. The number of hydrogen-bond acceptors (Lipinski definition) is 3. The molecule has 17 heavy (non-hydrogen) atoms. The fraction of sp³-hybridized carbons (Fsp3) is 0.818. The number of ether oxygens (including phenoxy) is 1. The highest BCUT2D eigenvalue weighted by Crippen LogP contribution is 2.53. The van der Waals surface area contributed by atoms with Crippen molar-refractivity contribution in [2.45, 2.75) is 43.0 Å². The van der Waals surface area contributed by atoms with Crippen molar-refractivity contribution in [3.63, 3.8) is 0 Å². The summed E-state index contributed by atoms with van der Waals surface area (Å²) in [5, 5.41) is 2.68. The molecule has 1 aliphatic rings. The van der Waals surface area contributed by atoms with Crippen LogP contribution in [0.25, 0.3) is 0 Å². The van der Waals surface area contributed by atoms with E-state index in [9.17, 15) is 9.59 Å². The molecule has 98 valence electrons. The van der Waals surface area contributed by atoms with Gasteiger partial charge in [-0.15, -0.1) is 23.2 Å². The van der Waals surface area contributed by atoms with Crippen molar-refractivity contribution in [1.82, 2.24) is 5.32 Å². The summed E-state index contributed by atoms with van der Waals surface area (Å²) in [4.78, 5) is 23.5. The molecule has 0 bridgehead atoms. The van der Waals surface area contributed by atoms with Gasteiger partial charge in [0.05, 0.1) is 13.0 Å². The molecule has 0 aromatic carbocycles. The minimum absolute atomic E-state index is 0.295. The molecule has 1 aliphatic carbocycles. The minimum atomic E-state index is -1.01. The van der Waals surface area contributed by atoms with Crippen LogP contribution >= 0.6 is 23.2 Å². The summed E-state index contributed by atoms with van der Waals surface area (Å²) >= 11 is 11.6. The lowest BCUT2D eigenvalue weighted by Gasteiger charge is -2.27. The Morgan fingerprint density at radius 2 is 2.06 bits per heavy atom. The largest absolute Gasteiger partial charge is 0.467 e. The molecule has 4 nitrogen and oxygen atoms in total. The van der Waals surface area contributed by atoms with Crippen LogP contribution < -0.4 is 5.32 Å². The zero-order valence-corrected chi connectivity index (χ0v) is 11.7. The van der Waals surface area contributed by atoms with E-state index in [1.165, 1.54) is 7.11 Å². The van der Waals surface area contributed by atoms with E-state index in [0.717, 1.165) is 6.42 Å². The van der Waals surface area contributed by atoms with Crippen molar-refractivity contribution in [2.75, 3.05) is 7.11 Å². The van der Waals surface area contributed by atoms with Crippen molar-refractivity contribution >= 4 is 35.1 Å². The van der Waals surface area contributed by atoms with Crippen LogP contribution in [0.3, 0.4) is 0 Å². The van der Waals surface area contributed by atoms with E-state index < -0.39 is 21.8 Å². The Balaban J connectivity index is 2.67. The van der Waals surface area contributed by atoms with Crippen LogP contribution in [0, 0.1) is 5.92 Å². The molecule has 0 spiro atoms. The van der Waals surface area contributed by atoms with Crippen LogP contribution in [0.15, 0.2) is 0 Å². The molecule has 0 radical (unpaired) electrons. The Morgan fingerprint density at radius 1 is 1.53 bits per heavy atom. The zero-order chi connectivity index (χ0) is 13.3. The van der Waals surface area contributed by atoms with Crippen molar-refractivity contribution < 1.29 is 14.3 Å². The van der Waals surface area contributed by atoms with Crippen LogP contribution in [0.4, 0.5) is 0 Å². The molecular weight excluding hydrogens is 265 g/mol. The van der Waals surface area contributed by atoms with Gasteiger partial charge in [0.25, 0.3) is 0 Å². The van der Waals surface area contributed by atoms with Crippen LogP contribution in [-0.4, -0.2) is 28.9 Å². The smallest absolute Gasteiger partial charge is 0.331 e. The van der Waals surface area contributed by atoms with E-state index in [-0.39, 0.29) is 5.91 Å². The van der Waals surface area contributed by atoms with Crippen molar-refractivity contribution in [3.8, 4) is 0 Å². The molecule has 1 amide bonds. The number of alkyl halides is 2. The predicted molar refractivity (Wildman–Crippen MR) is 66.0 cm³/mol. The Hall–Kier alpha value is -0.480. The molecule has 0 aromatic heterocycles. The summed E-state index contributed by atoms with van der Waals surface area (Å²) in [6.45, 7) is 3.57. The molecule has 1 fully saturated rings. The number of carbonyl (C=O) groups excluding carboxylic acids is 2. The van der Waals surface area contributed by atoms with Gasteiger partial charge < -0.3 is 10.1 Å². The number of halogens is 2. The second-order valence-corrected chi connectivity index (χ2v) is 6.12. The second kappa shape index (κ2) is 5.02. The van der Waals surface area contributed by atoms with Gasteiger partial charge in [-0.3, -0.25) is 4.79 Å². The maximum Gasteiger partial charge on any atom is 0.331 e. The normalized spacial score (nSPS) is 24.6. The summed E-state index contributed by atoms with van der Waals surface area (Å²) in [7, 11) is 1.30. The van der Waals surface area contributed by atoms with Gasteiger partial charge in [0.2, 0.25) is 5.91 Å². The lowest BCUT2D eigenvalue weighted by Crippen LogP contribution is -2.53. The van der Waals surface area contributed by atoms with E-state index in [0.29, 0.717) is 12.8 Å². The van der Waals surface area contributed by atoms with Crippen molar-refractivity contribution in [2.24, 2.45) is 5.92 Å². The Kier molecular flexibility index (Phi) is 4.31. The standard InChI is InChI=1S/C11H17Cl2NO3/c1-4-5-10(2,9(16)17-3)14-8(15)7-6-11(7,12)13/h7H,4-6H2,1-3H3,(H,14,15). The first kappa shape index (κ1) is 14.6. The number of amides is 1. The van der Waals surface area contributed by atoms with Crippen LogP contribution in [0.2, 0.25) is 0 Å². The van der Waals surface area contributed by atoms with Gasteiger partial charge in [-0.25, -0.2) is 4.79 Å². The van der Waals surface area contributed by atoms with Crippen molar-refractivity contribution in [3.05, 3.63) is 0 Å². The fourth-order valence-electron chi connectivity index (χ4n) is 1.80. The molecule has 1 rings (SSSR count). The third-order valence-electron chi connectivity index (χ3n) is 2.93. The topological polar surface area (TPSA) is 55.4 Å². The molecular formula is C11H17Cl2NO3. The molecule has 0 aliphatic heterocycles. The van der Waals surface area contributed by atoms with E-state index in [1.54, 1.807) is 6.92 Å².